The number of rotatable bonds is 6. The third-order valence-corrected chi connectivity index (χ3v) is 4.35. The maximum Gasteiger partial charge on any atom is 0.244 e. The van der Waals surface area contributed by atoms with Crippen LogP contribution in [0.2, 0.25) is 0 Å². The molecule has 0 fully saturated rings. The molecule has 0 heterocycles. The van der Waals surface area contributed by atoms with Crippen LogP contribution in [-0.2, 0) is 19.6 Å². The minimum Gasteiger partial charge on any atom is -0.346 e. The van der Waals surface area contributed by atoms with E-state index in [0.717, 1.165) is 12.1 Å². The second-order valence-corrected chi connectivity index (χ2v) is 7.68. The van der Waals surface area contributed by atoms with Gasteiger partial charge in [0.15, 0.2) is 0 Å². The molecule has 8 nitrogen and oxygen atoms in total. The van der Waals surface area contributed by atoms with Crippen LogP contribution in [0.1, 0.15) is 20.8 Å². The van der Waals surface area contributed by atoms with Crippen molar-refractivity contribution in [2.24, 2.45) is 5.73 Å². The first-order chi connectivity index (χ1) is 10.9. The van der Waals surface area contributed by atoms with Crippen molar-refractivity contribution in [3.63, 3.8) is 0 Å². The summed E-state index contributed by atoms with van der Waals surface area (Å²) in [6, 6.07) is 3.16. The molecule has 0 saturated heterocycles. The van der Waals surface area contributed by atoms with Gasteiger partial charge >= 0.3 is 0 Å². The highest BCUT2D eigenvalue weighted by Crippen LogP contribution is 2.21. The molecule has 1 aromatic carbocycles. The summed E-state index contributed by atoms with van der Waals surface area (Å²) >= 11 is 0. The molecule has 2 amide bonds. The Morgan fingerprint density at radius 3 is 2.38 bits per heavy atom. The topological polar surface area (TPSA) is 130 Å². The summed E-state index contributed by atoms with van der Waals surface area (Å²) in [5.74, 6) is -2.06. The Balaban J connectivity index is 2.94. The number of amides is 2. The van der Waals surface area contributed by atoms with E-state index in [-0.39, 0.29) is 18.8 Å². The minimum absolute atomic E-state index is 0.0812. The highest BCUT2D eigenvalue weighted by Gasteiger charge is 2.25. The molecule has 0 spiro atoms. The van der Waals surface area contributed by atoms with Gasteiger partial charge in [-0.15, -0.1) is 0 Å². The van der Waals surface area contributed by atoms with Gasteiger partial charge in [0, 0.05) is 11.2 Å². The van der Waals surface area contributed by atoms with E-state index in [1.807, 2.05) is 0 Å². The van der Waals surface area contributed by atoms with Crippen LogP contribution in [-0.4, -0.2) is 38.9 Å². The van der Waals surface area contributed by atoms with Gasteiger partial charge in [0.2, 0.25) is 21.8 Å². The SMILES string of the molecule is CC(C)(C)NS(=O)(=O)c1cc(NC(=O)CNC(=O)CN)ccc1F. The van der Waals surface area contributed by atoms with Gasteiger partial charge in [-0.25, -0.2) is 17.5 Å². The zero-order chi connectivity index (χ0) is 18.5. The van der Waals surface area contributed by atoms with Crippen molar-refractivity contribution in [1.29, 1.82) is 0 Å². The van der Waals surface area contributed by atoms with E-state index in [0.29, 0.717) is 0 Å². The summed E-state index contributed by atoms with van der Waals surface area (Å²) in [5.41, 5.74) is 4.37. The summed E-state index contributed by atoms with van der Waals surface area (Å²) in [5, 5.41) is 4.63. The summed E-state index contributed by atoms with van der Waals surface area (Å²) in [4.78, 5) is 22.1. The Kier molecular flexibility index (Phi) is 6.41. The van der Waals surface area contributed by atoms with Gasteiger partial charge in [-0.3, -0.25) is 9.59 Å². The standard InChI is InChI=1S/C14H21FN4O4S/c1-14(2,3)19-24(22,23)11-6-9(4-5-10(11)15)18-13(21)8-17-12(20)7-16/h4-6,19H,7-8,16H2,1-3H3,(H,17,20)(H,18,21). The molecule has 0 radical (unpaired) electrons. The zero-order valence-electron chi connectivity index (χ0n) is 13.6. The van der Waals surface area contributed by atoms with Crippen LogP contribution in [0.15, 0.2) is 23.1 Å². The minimum atomic E-state index is -4.10. The van der Waals surface area contributed by atoms with Crippen LogP contribution in [0.4, 0.5) is 10.1 Å². The molecule has 0 aliphatic rings. The van der Waals surface area contributed by atoms with Gasteiger partial charge < -0.3 is 16.4 Å². The molecule has 0 aromatic heterocycles. The number of carbonyl (C=O) groups excluding carboxylic acids is 2. The van der Waals surface area contributed by atoms with Crippen molar-refractivity contribution in [2.45, 2.75) is 31.2 Å². The Morgan fingerprint density at radius 2 is 1.83 bits per heavy atom. The average Bonchev–Trinajstić information content (AvgIpc) is 2.44. The molecule has 0 aliphatic heterocycles. The van der Waals surface area contributed by atoms with E-state index >= 15 is 0 Å². The van der Waals surface area contributed by atoms with E-state index in [4.69, 9.17) is 5.73 Å². The number of hydrogen-bond acceptors (Lipinski definition) is 5. The smallest absolute Gasteiger partial charge is 0.244 e. The van der Waals surface area contributed by atoms with Gasteiger partial charge in [0.25, 0.3) is 0 Å². The number of carbonyl (C=O) groups is 2. The lowest BCUT2D eigenvalue weighted by Crippen LogP contribution is -2.40. The van der Waals surface area contributed by atoms with Crippen molar-refractivity contribution in [3.8, 4) is 0 Å². The molecule has 134 valence electrons. The molecule has 0 unspecified atom stereocenters. The number of benzene rings is 1. The van der Waals surface area contributed by atoms with Crippen molar-refractivity contribution in [2.75, 3.05) is 18.4 Å². The number of nitrogens with one attached hydrogen (secondary N) is 3. The predicted molar refractivity (Wildman–Crippen MR) is 87.2 cm³/mol. The monoisotopic (exact) mass is 360 g/mol. The maximum atomic E-state index is 13.9. The van der Waals surface area contributed by atoms with E-state index in [1.54, 1.807) is 20.8 Å². The van der Waals surface area contributed by atoms with Crippen LogP contribution < -0.4 is 21.1 Å². The van der Waals surface area contributed by atoms with Crippen molar-refractivity contribution in [1.82, 2.24) is 10.0 Å². The molecular weight excluding hydrogens is 339 g/mol. The Morgan fingerprint density at radius 1 is 1.21 bits per heavy atom. The van der Waals surface area contributed by atoms with E-state index in [9.17, 15) is 22.4 Å². The summed E-state index contributed by atoms with van der Waals surface area (Å²) < 4.78 is 40.7. The lowest BCUT2D eigenvalue weighted by Gasteiger charge is -2.20. The van der Waals surface area contributed by atoms with Crippen LogP contribution in [0.25, 0.3) is 0 Å². The lowest BCUT2D eigenvalue weighted by atomic mass is 10.1. The highest BCUT2D eigenvalue weighted by molar-refractivity contribution is 7.89. The van der Waals surface area contributed by atoms with Crippen molar-refractivity contribution in [3.05, 3.63) is 24.0 Å². The second kappa shape index (κ2) is 7.69. The molecular formula is C14H21FN4O4S. The first-order valence-electron chi connectivity index (χ1n) is 7.05. The van der Waals surface area contributed by atoms with E-state index in [1.165, 1.54) is 6.07 Å². The molecule has 0 aliphatic carbocycles. The van der Waals surface area contributed by atoms with E-state index < -0.39 is 38.1 Å². The van der Waals surface area contributed by atoms with E-state index in [2.05, 4.69) is 15.4 Å². The van der Waals surface area contributed by atoms with Crippen LogP contribution in [0, 0.1) is 5.82 Å². The first kappa shape index (κ1) is 20.0. The highest BCUT2D eigenvalue weighted by atomic mass is 32.2. The summed E-state index contributed by atoms with van der Waals surface area (Å²) in [7, 11) is -4.10. The molecule has 24 heavy (non-hydrogen) atoms. The molecule has 1 aromatic rings. The predicted octanol–water partition coefficient (Wildman–Crippen LogP) is -0.0841. The molecule has 10 heteroatoms. The van der Waals surface area contributed by atoms with Gasteiger partial charge in [0.05, 0.1) is 13.1 Å². The number of halogens is 1. The largest absolute Gasteiger partial charge is 0.346 e. The Labute approximate surface area is 140 Å². The number of hydrogen-bond donors (Lipinski definition) is 4. The van der Waals surface area contributed by atoms with Crippen LogP contribution in [0.5, 0.6) is 0 Å². The Bertz CT molecular complexity index is 729. The van der Waals surface area contributed by atoms with Crippen LogP contribution >= 0.6 is 0 Å². The summed E-state index contributed by atoms with van der Waals surface area (Å²) in [6.45, 7) is 4.26. The average molecular weight is 360 g/mol. The molecule has 0 atom stereocenters. The molecule has 1 rings (SSSR count). The van der Waals surface area contributed by atoms with Gasteiger partial charge in [0.1, 0.15) is 10.7 Å². The third kappa shape index (κ3) is 6.22. The fourth-order valence-corrected chi connectivity index (χ4v) is 3.22. The number of anilines is 1. The van der Waals surface area contributed by atoms with Crippen molar-refractivity contribution >= 4 is 27.5 Å². The normalized spacial score (nSPS) is 11.9. The number of nitrogens with two attached hydrogens (primary N) is 1. The molecule has 5 N–H and O–H groups in total. The molecule has 0 bridgehead atoms. The maximum absolute atomic E-state index is 13.9. The van der Waals surface area contributed by atoms with Gasteiger partial charge in [-0.2, -0.15) is 0 Å². The third-order valence-electron chi connectivity index (χ3n) is 2.58. The lowest BCUT2D eigenvalue weighted by molar-refractivity contribution is -0.123. The van der Waals surface area contributed by atoms with Gasteiger partial charge in [-0.05, 0) is 39.0 Å². The fourth-order valence-electron chi connectivity index (χ4n) is 1.70. The summed E-state index contributed by atoms with van der Waals surface area (Å²) in [6.07, 6.45) is 0. The molecule has 0 saturated carbocycles. The second-order valence-electron chi connectivity index (χ2n) is 6.03. The quantitative estimate of drug-likeness (QED) is 0.563. The first-order valence-corrected chi connectivity index (χ1v) is 8.53. The van der Waals surface area contributed by atoms with Crippen LogP contribution in [0.3, 0.4) is 0 Å². The van der Waals surface area contributed by atoms with Crippen molar-refractivity contribution < 1.29 is 22.4 Å². The van der Waals surface area contributed by atoms with Gasteiger partial charge in [-0.1, -0.05) is 0 Å². The number of sulfonamides is 1. The Hall–Kier alpha value is -2.04. The zero-order valence-corrected chi connectivity index (χ0v) is 14.5. The fraction of sp³-hybridized carbons (Fsp3) is 0.429.